The SMILES string of the molecule is CC(C)c1csc(CCc2ccn3c(=O)c(/C=C/C(=O)O)c(N4CCN(C(=O)C[n+]5ccccc5)CC4)nc3c2)n1. The number of hydrogen-bond donors (Lipinski definition) is 1. The first-order chi connectivity index (χ1) is 19.8. The van der Waals surface area contributed by atoms with Crippen molar-refractivity contribution in [2.24, 2.45) is 0 Å². The van der Waals surface area contributed by atoms with Crippen molar-refractivity contribution in [3.05, 3.63) is 92.6 Å². The number of carboxylic acids is 1. The molecule has 0 atom stereocenters. The minimum atomic E-state index is -1.15. The van der Waals surface area contributed by atoms with Gasteiger partial charge in [-0.2, -0.15) is 4.57 Å². The number of aromatic nitrogens is 4. The first kappa shape index (κ1) is 28.2. The first-order valence-electron chi connectivity index (χ1n) is 13.7. The number of piperazine rings is 1. The summed E-state index contributed by atoms with van der Waals surface area (Å²) in [5, 5.41) is 12.4. The Hall–Kier alpha value is -4.38. The van der Waals surface area contributed by atoms with Crippen molar-refractivity contribution in [3.8, 4) is 0 Å². The minimum Gasteiger partial charge on any atom is -0.478 e. The van der Waals surface area contributed by atoms with Gasteiger partial charge in [0, 0.05) is 62.4 Å². The molecule has 0 aromatic carbocycles. The van der Waals surface area contributed by atoms with Crippen molar-refractivity contribution >= 4 is 40.8 Å². The summed E-state index contributed by atoms with van der Waals surface area (Å²) in [7, 11) is 0. The van der Waals surface area contributed by atoms with Gasteiger partial charge in [-0.1, -0.05) is 19.9 Å². The molecule has 212 valence electrons. The molecule has 11 heteroatoms. The number of carbonyl (C=O) groups is 2. The Morgan fingerprint density at radius 2 is 1.85 bits per heavy atom. The molecule has 1 aliphatic heterocycles. The van der Waals surface area contributed by atoms with E-state index in [-0.39, 0.29) is 23.6 Å². The lowest BCUT2D eigenvalue weighted by Gasteiger charge is -2.35. The van der Waals surface area contributed by atoms with Gasteiger partial charge >= 0.3 is 5.97 Å². The molecule has 5 heterocycles. The minimum absolute atomic E-state index is 0.0174. The van der Waals surface area contributed by atoms with E-state index in [0.717, 1.165) is 35.2 Å². The highest BCUT2D eigenvalue weighted by atomic mass is 32.1. The van der Waals surface area contributed by atoms with E-state index in [1.165, 1.54) is 10.5 Å². The normalized spacial score (nSPS) is 13.9. The highest BCUT2D eigenvalue weighted by Gasteiger charge is 2.26. The number of aryl methyl sites for hydroxylation is 2. The molecule has 0 unspecified atom stereocenters. The molecule has 1 saturated heterocycles. The van der Waals surface area contributed by atoms with Crippen LogP contribution in [0.15, 0.2) is 65.2 Å². The Kier molecular flexibility index (Phi) is 8.53. The zero-order valence-electron chi connectivity index (χ0n) is 23.1. The molecule has 4 aromatic rings. The van der Waals surface area contributed by atoms with Crippen molar-refractivity contribution < 1.29 is 19.3 Å². The fraction of sp³-hybridized carbons (Fsp3) is 0.333. The number of pyridine rings is 2. The number of rotatable bonds is 9. The summed E-state index contributed by atoms with van der Waals surface area (Å²) in [5.74, 6) is -0.311. The summed E-state index contributed by atoms with van der Waals surface area (Å²) >= 11 is 1.66. The van der Waals surface area contributed by atoms with Gasteiger partial charge in [0.05, 0.1) is 16.3 Å². The van der Waals surface area contributed by atoms with E-state index in [0.29, 0.717) is 43.6 Å². The molecule has 0 radical (unpaired) electrons. The van der Waals surface area contributed by atoms with Crippen molar-refractivity contribution in [3.63, 3.8) is 0 Å². The molecule has 1 aliphatic rings. The molecule has 0 saturated carbocycles. The quantitative estimate of drug-likeness (QED) is 0.242. The van der Waals surface area contributed by atoms with Gasteiger partial charge in [0.1, 0.15) is 11.5 Å². The maximum Gasteiger partial charge on any atom is 0.328 e. The Labute approximate surface area is 241 Å². The predicted molar refractivity (Wildman–Crippen MR) is 157 cm³/mol. The van der Waals surface area contributed by atoms with Gasteiger partial charge in [0.15, 0.2) is 12.4 Å². The Balaban J connectivity index is 1.37. The number of anilines is 1. The summed E-state index contributed by atoms with van der Waals surface area (Å²) in [4.78, 5) is 51.0. The van der Waals surface area contributed by atoms with Gasteiger partial charge < -0.3 is 14.9 Å². The van der Waals surface area contributed by atoms with E-state index in [4.69, 9.17) is 9.97 Å². The number of carboxylic acid groups (broad SMARTS) is 1. The van der Waals surface area contributed by atoms with E-state index < -0.39 is 5.97 Å². The van der Waals surface area contributed by atoms with Crippen LogP contribution in [0.2, 0.25) is 0 Å². The Morgan fingerprint density at radius 3 is 2.54 bits per heavy atom. The van der Waals surface area contributed by atoms with Crippen molar-refractivity contribution in [2.75, 3.05) is 31.1 Å². The lowest BCUT2D eigenvalue weighted by molar-refractivity contribution is -0.685. The van der Waals surface area contributed by atoms with Crippen LogP contribution in [-0.4, -0.2) is 62.4 Å². The summed E-state index contributed by atoms with van der Waals surface area (Å²) in [6, 6.07) is 9.47. The third kappa shape index (κ3) is 6.68. The van der Waals surface area contributed by atoms with Crippen LogP contribution >= 0.6 is 11.3 Å². The molecule has 1 N–H and O–H groups in total. The van der Waals surface area contributed by atoms with Crippen LogP contribution in [0.25, 0.3) is 11.7 Å². The van der Waals surface area contributed by atoms with Crippen LogP contribution in [0, 0.1) is 0 Å². The first-order valence-corrected chi connectivity index (χ1v) is 14.5. The van der Waals surface area contributed by atoms with Gasteiger partial charge in [-0.25, -0.2) is 14.8 Å². The second-order valence-corrected chi connectivity index (χ2v) is 11.3. The smallest absolute Gasteiger partial charge is 0.328 e. The second-order valence-electron chi connectivity index (χ2n) is 10.3. The third-order valence-electron chi connectivity index (χ3n) is 7.12. The molecule has 10 nitrogen and oxygen atoms in total. The molecule has 0 bridgehead atoms. The van der Waals surface area contributed by atoms with Crippen molar-refractivity contribution in [1.82, 2.24) is 19.3 Å². The number of aliphatic carboxylic acids is 1. The Bertz CT molecular complexity index is 1640. The molecule has 1 fully saturated rings. The zero-order chi connectivity index (χ0) is 28.9. The molecule has 1 amide bonds. The van der Waals surface area contributed by atoms with Crippen molar-refractivity contribution in [2.45, 2.75) is 39.2 Å². The van der Waals surface area contributed by atoms with Crippen LogP contribution in [0.1, 0.15) is 41.6 Å². The number of carbonyl (C=O) groups excluding carboxylic acids is 1. The van der Waals surface area contributed by atoms with Gasteiger partial charge in [0.2, 0.25) is 6.54 Å². The van der Waals surface area contributed by atoms with E-state index in [9.17, 15) is 19.5 Å². The van der Waals surface area contributed by atoms with Crippen LogP contribution < -0.4 is 15.0 Å². The average molecular weight is 574 g/mol. The predicted octanol–water partition coefficient (Wildman–Crippen LogP) is 2.79. The molecule has 5 rings (SSSR count). The molecular formula is C30H33N6O4S+. The molecule has 0 spiro atoms. The number of nitrogens with zero attached hydrogens (tertiary/aromatic N) is 6. The standard InChI is InChI=1S/C30H32N6O4S/c1-21(2)24-20-41-26(31-24)8-6-22-10-13-36-25(18-22)32-29(23(30(36)40)7-9-28(38)39)35-16-14-34(15-17-35)27(37)19-33-11-4-3-5-12-33/h3-5,7,9-13,18,20-21H,6,8,14-17,19H2,1-2H3/p+1/b9-7+. The zero-order valence-corrected chi connectivity index (χ0v) is 24.0. The van der Waals surface area contributed by atoms with Crippen molar-refractivity contribution in [1.29, 1.82) is 0 Å². The third-order valence-corrected chi connectivity index (χ3v) is 8.04. The topological polar surface area (TPSA) is 112 Å². The summed E-state index contributed by atoms with van der Waals surface area (Å²) in [6.45, 7) is 6.41. The average Bonchev–Trinajstić information content (AvgIpc) is 3.45. The van der Waals surface area contributed by atoms with Gasteiger partial charge in [0.25, 0.3) is 11.5 Å². The lowest BCUT2D eigenvalue weighted by atomic mass is 10.1. The second kappa shape index (κ2) is 12.4. The Morgan fingerprint density at radius 1 is 1.10 bits per heavy atom. The highest BCUT2D eigenvalue weighted by molar-refractivity contribution is 7.09. The summed E-state index contributed by atoms with van der Waals surface area (Å²) in [6.07, 6.45) is 9.23. The fourth-order valence-corrected chi connectivity index (χ4v) is 5.76. The summed E-state index contributed by atoms with van der Waals surface area (Å²) in [5.41, 5.74) is 2.50. The lowest BCUT2D eigenvalue weighted by Crippen LogP contribution is -2.53. The van der Waals surface area contributed by atoms with Gasteiger partial charge in [-0.15, -0.1) is 11.3 Å². The van der Waals surface area contributed by atoms with Gasteiger partial charge in [-0.05, 0) is 36.1 Å². The molecule has 41 heavy (non-hydrogen) atoms. The maximum atomic E-state index is 13.5. The van der Waals surface area contributed by atoms with Crippen LogP contribution in [0.3, 0.4) is 0 Å². The van der Waals surface area contributed by atoms with Gasteiger partial charge in [-0.3, -0.25) is 14.0 Å². The maximum absolute atomic E-state index is 13.5. The highest BCUT2D eigenvalue weighted by Crippen LogP contribution is 2.22. The number of thiazole rings is 1. The van der Waals surface area contributed by atoms with E-state index in [2.05, 4.69) is 19.2 Å². The number of hydrogen-bond acceptors (Lipinski definition) is 7. The van der Waals surface area contributed by atoms with Crippen LogP contribution in [-0.2, 0) is 29.0 Å². The summed E-state index contributed by atoms with van der Waals surface area (Å²) < 4.78 is 3.29. The molecular weight excluding hydrogens is 540 g/mol. The molecule has 4 aromatic heterocycles. The monoisotopic (exact) mass is 573 g/mol. The number of fused-ring (bicyclic) bond motifs is 1. The van der Waals surface area contributed by atoms with Crippen LogP contribution in [0.5, 0.6) is 0 Å². The van der Waals surface area contributed by atoms with Crippen LogP contribution in [0.4, 0.5) is 5.82 Å². The van der Waals surface area contributed by atoms with E-state index in [1.807, 2.05) is 52.2 Å². The largest absolute Gasteiger partial charge is 0.478 e. The van der Waals surface area contributed by atoms with E-state index >= 15 is 0 Å². The fourth-order valence-electron chi connectivity index (χ4n) is 4.80. The van der Waals surface area contributed by atoms with E-state index in [1.54, 1.807) is 22.4 Å². The number of amides is 1. The molecule has 0 aliphatic carbocycles.